The van der Waals surface area contributed by atoms with Crippen molar-refractivity contribution in [3.63, 3.8) is 0 Å². The zero-order valence-corrected chi connectivity index (χ0v) is 11.1. The minimum atomic E-state index is -0.830. The van der Waals surface area contributed by atoms with E-state index >= 15 is 0 Å². The van der Waals surface area contributed by atoms with Gasteiger partial charge in [-0.2, -0.15) is 0 Å². The van der Waals surface area contributed by atoms with E-state index in [9.17, 15) is 9.90 Å². The van der Waals surface area contributed by atoms with E-state index in [1.165, 1.54) is 19.4 Å². The van der Waals surface area contributed by atoms with Crippen LogP contribution in [0, 0.1) is 0 Å². The van der Waals surface area contributed by atoms with Gasteiger partial charge in [0.2, 0.25) is 0 Å². The van der Waals surface area contributed by atoms with Gasteiger partial charge in [-0.3, -0.25) is 4.90 Å². The van der Waals surface area contributed by atoms with Crippen molar-refractivity contribution in [1.82, 2.24) is 4.90 Å². The Hall–Kier alpha value is -1.55. The second-order valence-corrected chi connectivity index (χ2v) is 5.45. The van der Waals surface area contributed by atoms with Crippen LogP contribution in [0.25, 0.3) is 0 Å². The number of aromatic carboxylic acids is 1. The summed E-state index contributed by atoms with van der Waals surface area (Å²) in [4.78, 5) is 16.2. The van der Waals surface area contributed by atoms with Crippen molar-refractivity contribution in [2.75, 3.05) is 31.1 Å². The first-order chi connectivity index (χ1) is 9.25. The first-order valence-corrected chi connectivity index (χ1v) is 7.07. The zero-order chi connectivity index (χ0) is 13.2. The highest BCUT2D eigenvalue weighted by Crippen LogP contribution is 2.27. The molecule has 2 aliphatic rings. The third-order valence-electron chi connectivity index (χ3n) is 4.28. The molecule has 1 atom stereocenters. The Kier molecular flexibility index (Phi) is 3.42. The van der Waals surface area contributed by atoms with E-state index in [1.54, 1.807) is 12.1 Å². The molecule has 1 aromatic rings. The molecule has 4 nitrogen and oxygen atoms in total. The minimum absolute atomic E-state index is 0.425. The predicted octanol–water partition coefficient (Wildman–Crippen LogP) is 2.06. The van der Waals surface area contributed by atoms with Crippen LogP contribution in [0.15, 0.2) is 24.3 Å². The molecule has 2 aliphatic heterocycles. The highest BCUT2D eigenvalue weighted by atomic mass is 16.4. The number of rotatable bonds is 2. The first kappa shape index (κ1) is 12.5. The largest absolute Gasteiger partial charge is 0.478 e. The van der Waals surface area contributed by atoms with Gasteiger partial charge < -0.3 is 10.0 Å². The number of para-hydroxylation sites is 1. The lowest BCUT2D eigenvalue weighted by atomic mass is 10.1. The molecule has 1 N–H and O–H groups in total. The van der Waals surface area contributed by atoms with Crippen molar-refractivity contribution in [3.05, 3.63) is 29.8 Å². The average molecular weight is 260 g/mol. The Bertz CT molecular complexity index is 475. The van der Waals surface area contributed by atoms with Crippen molar-refractivity contribution >= 4 is 11.7 Å². The SMILES string of the molecule is O=C(O)c1ccccc1N1CCCN2CCCC2C1. The van der Waals surface area contributed by atoms with E-state index < -0.39 is 5.97 Å². The second-order valence-electron chi connectivity index (χ2n) is 5.45. The molecule has 4 heteroatoms. The average Bonchev–Trinajstić information content (AvgIpc) is 2.76. The van der Waals surface area contributed by atoms with Crippen LogP contribution in [-0.2, 0) is 0 Å². The van der Waals surface area contributed by atoms with Gasteiger partial charge in [0, 0.05) is 25.7 Å². The van der Waals surface area contributed by atoms with Crippen LogP contribution in [0.3, 0.4) is 0 Å². The summed E-state index contributed by atoms with van der Waals surface area (Å²) in [6, 6.07) is 7.97. The highest BCUT2D eigenvalue weighted by molar-refractivity contribution is 5.94. The van der Waals surface area contributed by atoms with E-state index in [4.69, 9.17) is 0 Å². The maximum atomic E-state index is 11.3. The molecule has 19 heavy (non-hydrogen) atoms. The molecule has 2 fully saturated rings. The third kappa shape index (κ3) is 2.45. The lowest BCUT2D eigenvalue weighted by molar-refractivity contribution is 0.0697. The molecule has 2 heterocycles. The lowest BCUT2D eigenvalue weighted by Crippen LogP contribution is -2.37. The van der Waals surface area contributed by atoms with E-state index in [-0.39, 0.29) is 0 Å². The Morgan fingerprint density at radius 2 is 1.95 bits per heavy atom. The van der Waals surface area contributed by atoms with E-state index in [0.29, 0.717) is 11.6 Å². The standard InChI is InChI=1S/C15H20N2O2/c18-15(19)13-6-1-2-7-14(13)17-10-4-9-16-8-3-5-12(16)11-17/h1-2,6-7,12H,3-5,8-11H2,(H,18,19). The molecule has 0 amide bonds. The maximum Gasteiger partial charge on any atom is 0.337 e. The Labute approximate surface area is 113 Å². The molecular weight excluding hydrogens is 240 g/mol. The van der Waals surface area contributed by atoms with Crippen LogP contribution in [0.4, 0.5) is 5.69 Å². The van der Waals surface area contributed by atoms with Crippen molar-refractivity contribution < 1.29 is 9.90 Å². The quantitative estimate of drug-likeness (QED) is 0.884. The number of benzene rings is 1. The molecule has 0 aromatic heterocycles. The molecule has 3 rings (SSSR count). The molecule has 0 spiro atoms. The molecule has 0 saturated carbocycles. The van der Waals surface area contributed by atoms with Gasteiger partial charge in [0.1, 0.15) is 0 Å². The number of nitrogens with zero attached hydrogens (tertiary/aromatic N) is 2. The zero-order valence-electron chi connectivity index (χ0n) is 11.1. The minimum Gasteiger partial charge on any atom is -0.478 e. The van der Waals surface area contributed by atoms with Crippen LogP contribution in [0.2, 0.25) is 0 Å². The first-order valence-electron chi connectivity index (χ1n) is 7.07. The second kappa shape index (κ2) is 5.21. The molecule has 0 radical (unpaired) electrons. The van der Waals surface area contributed by atoms with Gasteiger partial charge in [-0.15, -0.1) is 0 Å². The van der Waals surface area contributed by atoms with Crippen molar-refractivity contribution in [3.8, 4) is 0 Å². The van der Waals surface area contributed by atoms with Crippen LogP contribution in [0.5, 0.6) is 0 Å². The van der Waals surface area contributed by atoms with Crippen LogP contribution in [-0.4, -0.2) is 48.2 Å². The smallest absolute Gasteiger partial charge is 0.337 e. The number of fused-ring (bicyclic) bond motifs is 1. The number of anilines is 1. The summed E-state index contributed by atoms with van der Waals surface area (Å²) < 4.78 is 0. The summed E-state index contributed by atoms with van der Waals surface area (Å²) in [5, 5.41) is 9.32. The molecule has 1 unspecified atom stereocenters. The van der Waals surface area contributed by atoms with Gasteiger partial charge in [0.05, 0.1) is 11.3 Å². The van der Waals surface area contributed by atoms with Crippen molar-refractivity contribution in [2.24, 2.45) is 0 Å². The van der Waals surface area contributed by atoms with Gasteiger partial charge >= 0.3 is 5.97 Å². The fourth-order valence-electron chi connectivity index (χ4n) is 3.36. The maximum absolute atomic E-state index is 11.3. The molecular formula is C15H20N2O2. The van der Waals surface area contributed by atoms with Gasteiger partial charge in [-0.1, -0.05) is 12.1 Å². The number of carbonyl (C=O) groups is 1. The van der Waals surface area contributed by atoms with Gasteiger partial charge in [0.25, 0.3) is 0 Å². The number of hydrogen-bond donors (Lipinski definition) is 1. The molecule has 0 aliphatic carbocycles. The fourth-order valence-corrected chi connectivity index (χ4v) is 3.36. The van der Waals surface area contributed by atoms with Gasteiger partial charge in [0.15, 0.2) is 0 Å². The Morgan fingerprint density at radius 3 is 2.79 bits per heavy atom. The number of carboxylic acid groups (broad SMARTS) is 1. The van der Waals surface area contributed by atoms with Crippen LogP contribution >= 0.6 is 0 Å². The van der Waals surface area contributed by atoms with E-state index in [2.05, 4.69) is 9.80 Å². The molecule has 0 bridgehead atoms. The van der Waals surface area contributed by atoms with E-state index in [0.717, 1.165) is 31.7 Å². The summed E-state index contributed by atoms with van der Waals surface area (Å²) in [5.41, 5.74) is 1.30. The normalized spacial score (nSPS) is 24.0. The van der Waals surface area contributed by atoms with Crippen LogP contribution in [0.1, 0.15) is 29.6 Å². The highest BCUT2D eigenvalue weighted by Gasteiger charge is 2.29. The lowest BCUT2D eigenvalue weighted by Gasteiger charge is -2.28. The summed E-state index contributed by atoms with van der Waals surface area (Å²) >= 11 is 0. The van der Waals surface area contributed by atoms with Crippen LogP contribution < -0.4 is 4.90 Å². The Morgan fingerprint density at radius 1 is 1.16 bits per heavy atom. The summed E-state index contributed by atoms with van der Waals surface area (Å²) in [7, 11) is 0. The molecule has 2 saturated heterocycles. The fraction of sp³-hybridized carbons (Fsp3) is 0.533. The third-order valence-corrected chi connectivity index (χ3v) is 4.28. The summed E-state index contributed by atoms with van der Waals surface area (Å²) in [5.74, 6) is -0.830. The van der Waals surface area contributed by atoms with E-state index in [1.807, 2.05) is 12.1 Å². The van der Waals surface area contributed by atoms with Crippen molar-refractivity contribution in [2.45, 2.75) is 25.3 Å². The number of carboxylic acids is 1. The monoisotopic (exact) mass is 260 g/mol. The van der Waals surface area contributed by atoms with Gasteiger partial charge in [-0.05, 0) is 37.9 Å². The summed E-state index contributed by atoms with van der Waals surface area (Å²) in [6.07, 6.45) is 3.63. The molecule has 102 valence electrons. The van der Waals surface area contributed by atoms with Gasteiger partial charge in [-0.25, -0.2) is 4.79 Å². The Balaban J connectivity index is 1.87. The predicted molar refractivity (Wildman–Crippen MR) is 74.8 cm³/mol. The topological polar surface area (TPSA) is 43.8 Å². The number of hydrogen-bond acceptors (Lipinski definition) is 3. The summed E-state index contributed by atoms with van der Waals surface area (Å²) in [6.45, 7) is 4.27. The van der Waals surface area contributed by atoms with Crippen molar-refractivity contribution in [1.29, 1.82) is 0 Å². The molecule has 1 aromatic carbocycles.